The first-order chi connectivity index (χ1) is 14.9. The second-order valence-electron chi connectivity index (χ2n) is 7.78. The number of nitrogens with zero attached hydrogens (tertiary/aromatic N) is 1. The maximum absolute atomic E-state index is 13.1. The predicted octanol–water partition coefficient (Wildman–Crippen LogP) is 4.12. The molecule has 3 aromatic rings. The van der Waals surface area contributed by atoms with Gasteiger partial charge in [0.1, 0.15) is 10.6 Å². The van der Waals surface area contributed by atoms with Crippen LogP contribution in [0.1, 0.15) is 41.7 Å². The second-order valence-corrected chi connectivity index (χ2v) is 9.68. The highest BCUT2D eigenvalue weighted by atomic mass is 32.2. The lowest BCUT2D eigenvalue weighted by Crippen LogP contribution is -2.29. The summed E-state index contributed by atoms with van der Waals surface area (Å²) in [5, 5.41) is 5.21. The van der Waals surface area contributed by atoms with Crippen LogP contribution in [0, 0.1) is 0 Å². The summed E-state index contributed by atoms with van der Waals surface area (Å²) < 4.78 is 32.9. The molecule has 1 aliphatic rings. The lowest BCUT2D eigenvalue weighted by Gasteiger charge is -2.19. The quantitative estimate of drug-likeness (QED) is 0.628. The molecule has 31 heavy (non-hydrogen) atoms. The first-order valence-corrected chi connectivity index (χ1v) is 11.8. The Labute approximate surface area is 182 Å². The molecule has 4 rings (SSSR count). The lowest BCUT2D eigenvalue weighted by molar-refractivity contribution is 0.0939. The highest BCUT2D eigenvalue weighted by molar-refractivity contribution is 7.89. The van der Waals surface area contributed by atoms with Crippen LogP contribution in [0.2, 0.25) is 0 Å². The van der Waals surface area contributed by atoms with E-state index in [1.807, 2.05) is 43.3 Å². The molecule has 6 nitrogen and oxygen atoms in total. The van der Waals surface area contributed by atoms with Gasteiger partial charge in [-0.25, -0.2) is 8.42 Å². The van der Waals surface area contributed by atoms with Crippen LogP contribution in [0.25, 0.3) is 10.8 Å². The minimum absolute atomic E-state index is 0.0305. The van der Waals surface area contributed by atoms with Crippen LogP contribution in [0.4, 0.5) is 0 Å². The zero-order valence-electron chi connectivity index (χ0n) is 17.7. The van der Waals surface area contributed by atoms with E-state index in [1.165, 1.54) is 17.5 Å². The van der Waals surface area contributed by atoms with Crippen LogP contribution in [-0.2, 0) is 10.0 Å². The van der Waals surface area contributed by atoms with Crippen LogP contribution in [0.5, 0.6) is 5.75 Å². The van der Waals surface area contributed by atoms with Crippen molar-refractivity contribution in [3.63, 3.8) is 0 Å². The zero-order chi connectivity index (χ0) is 22.0. The average molecular weight is 439 g/mol. The molecule has 1 atom stereocenters. The molecule has 1 saturated heterocycles. The highest BCUT2D eigenvalue weighted by Gasteiger charge is 2.30. The van der Waals surface area contributed by atoms with E-state index >= 15 is 0 Å². The third-order valence-corrected chi connectivity index (χ3v) is 7.65. The van der Waals surface area contributed by atoms with E-state index in [2.05, 4.69) is 11.4 Å². The molecular formula is C24H26N2O4S. The summed E-state index contributed by atoms with van der Waals surface area (Å²) in [6.07, 6.45) is 1.68. The molecule has 1 aliphatic heterocycles. The van der Waals surface area contributed by atoms with Gasteiger partial charge in [-0.1, -0.05) is 36.4 Å². The van der Waals surface area contributed by atoms with Gasteiger partial charge in [-0.15, -0.1) is 0 Å². The molecule has 0 aromatic heterocycles. The van der Waals surface area contributed by atoms with E-state index in [-0.39, 0.29) is 28.2 Å². The van der Waals surface area contributed by atoms with Crippen molar-refractivity contribution in [2.24, 2.45) is 0 Å². The number of sulfonamides is 1. The van der Waals surface area contributed by atoms with Crippen LogP contribution in [0.15, 0.2) is 65.6 Å². The van der Waals surface area contributed by atoms with Gasteiger partial charge in [0.15, 0.2) is 0 Å². The summed E-state index contributed by atoms with van der Waals surface area (Å²) in [7, 11) is -2.28. The summed E-state index contributed by atoms with van der Waals surface area (Å²) in [6.45, 7) is 2.88. The molecule has 0 spiro atoms. The minimum atomic E-state index is -3.71. The Hall–Kier alpha value is -2.90. The van der Waals surface area contributed by atoms with Gasteiger partial charge >= 0.3 is 0 Å². The smallest absolute Gasteiger partial charge is 0.251 e. The molecule has 3 aromatic carbocycles. The van der Waals surface area contributed by atoms with Gasteiger partial charge in [0, 0.05) is 18.7 Å². The van der Waals surface area contributed by atoms with Gasteiger partial charge < -0.3 is 10.1 Å². The Kier molecular flexibility index (Phi) is 5.98. The molecule has 1 unspecified atom stereocenters. The van der Waals surface area contributed by atoms with Crippen LogP contribution in [-0.4, -0.2) is 38.8 Å². The van der Waals surface area contributed by atoms with Gasteiger partial charge in [-0.3, -0.25) is 4.79 Å². The molecule has 1 fully saturated rings. The summed E-state index contributed by atoms with van der Waals surface area (Å²) in [5.41, 5.74) is 1.26. The summed E-state index contributed by atoms with van der Waals surface area (Å²) in [5.74, 6) is -0.0905. The van der Waals surface area contributed by atoms with Crippen molar-refractivity contribution < 1.29 is 17.9 Å². The van der Waals surface area contributed by atoms with E-state index in [9.17, 15) is 13.2 Å². The van der Waals surface area contributed by atoms with E-state index in [4.69, 9.17) is 4.74 Å². The maximum Gasteiger partial charge on any atom is 0.251 e. The molecule has 0 radical (unpaired) electrons. The van der Waals surface area contributed by atoms with Crippen molar-refractivity contribution in [1.82, 2.24) is 9.62 Å². The predicted molar refractivity (Wildman–Crippen MR) is 121 cm³/mol. The Morgan fingerprint density at radius 2 is 1.71 bits per heavy atom. The SMILES string of the molecule is COc1ccc(C(=O)NC(C)c2ccc3ccccc3c2)cc1S(=O)(=O)N1CCCC1. The largest absolute Gasteiger partial charge is 0.495 e. The molecule has 0 saturated carbocycles. The van der Waals surface area contributed by atoms with Gasteiger partial charge in [-0.2, -0.15) is 4.31 Å². The molecule has 7 heteroatoms. The van der Waals surface area contributed by atoms with Crippen LogP contribution >= 0.6 is 0 Å². The number of amides is 1. The molecule has 162 valence electrons. The molecule has 1 N–H and O–H groups in total. The summed E-state index contributed by atoms with van der Waals surface area (Å²) in [6, 6.07) is 18.4. The van der Waals surface area contributed by atoms with E-state index in [0.29, 0.717) is 13.1 Å². The molecule has 0 bridgehead atoms. The second kappa shape index (κ2) is 8.69. The Morgan fingerprint density at radius 3 is 2.42 bits per heavy atom. The van der Waals surface area contributed by atoms with E-state index in [1.54, 1.807) is 12.1 Å². The first kappa shape index (κ1) is 21.3. The number of ether oxygens (including phenoxy) is 1. The van der Waals surface area contributed by atoms with Crippen molar-refractivity contribution in [3.8, 4) is 5.75 Å². The number of hydrogen-bond donors (Lipinski definition) is 1. The number of benzene rings is 3. The fourth-order valence-electron chi connectivity index (χ4n) is 3.93. The summed E-state index contributed by atoms with van der Waals surface area (Å²) >= 11 is 0. The standard InChI is InChI=1S/C24H26N2O4S/c1-17(19-10-9-18-7-3-4-8-20(18)15-19)25-24(27)21-11-12-22(30-2)23(16-21)31(28,29)26-13-5-6-14-26/h3-4,7-12,15-17H,5-6,13-14H2,1-2H3,(H,25,27). The van der Waals surface area contributed by atoms with Crippen LogP contribution < -0.4 is 10.1 Å². The molecular weight excluding hydrogens is 412 g/mol. The first-order valence-electron chi connectivity index (χ1n) is 10.4. The summed E-state index contributed by atoms with van der Waals surface area (Å²) in [4.78, 5) is 13.0. The zero-order valence-corrected chi connectivity index (χ0v) is 18.5. The number of methoxy groups -OCH3 is 1. The number of hydrogen-bond acceptors (Lipinski definition) is 4. The highest BCUT2D eigenvalue weighted by Crippen LogP contribution is 2.30. The van der Waals surface area contributed by atoms with E-state index in [0.717, 1.165) is 29.2 Å². The molecule has 0 aliphatic carbocycles. The lowest BCUT2D eigenvalue weighted by atomic mass is 10.0. The molecule has 1 heterocycles. The number of carbonyl (C=O) groups is 1. The fourth-order valence-corrected chi connectivity index (χ4v) is 5.63. The van der Waals surface area contributed by atoms with Crippen LogP contribution in [0.3, 0.4) is 0 Å². The maximum atomic E-state index is 13.1. The van der Waals surface area contributed by atoms with Crippen molar-refractivity contribution in [1.29, 1.82) is 0 Å². The third-order valence-electron chi connectivity index (χ3n) is 5.73. The topological polar surface area (TPSA) is 75.7 Å². The van der Waals surface area contributed by atoms with Crippen molar-refractivity contribution in [3.05, 3.63) is 71.8 Å². The van der Waals surface area contributed by atoms with Gasteiger partial charge in [0.05, 0.1) is 13.2 Å². The molecule has 1 amide bonds. The van der Waals surface area contributed by atoms with Gasteiger partial charge in [0.2, 0.25) is 10.0 Å². The third kappa shape index (κ3) is 4.29. The van der Waals surface area contributed by atoms with Gasteiger partial charge in [-0.05, 0) is 60.4 Å². The normalized spacial score (nSPS) is 15.7. The number of rotatable bonds is 6. The van der Waals surface area contributed by atoms with Gasteiger partial charge in [0.25, 0.3) is 5.91 Å². The fraction of sp³-hybridized carbons (Fsp3) is 0.292. The Morgan fingerprint density at radius 1 is 1.00 bits per heavy atom. The Balaban J connectivity index is 1.59. The Bertz CT molecular complexity index is 1220. The average Bonchev–Trinajstić information content (AvgIpc) is 3.34. The number of nitrogens with one attached hydrogen (secondary N) is 1. The minimum Gasteiger partial charge on any atom is -0.495 e. The van der Waals surface area contributed by atoms with Crippen molar-refractivity contribution >= 4 is 26.7 Å². The monoisotopic (exact) mass is 438 g/mol. The van der Waals surface area contributed by atoms with Crippen molar-refractivity contribution in [2.75, 3.05) is 20.2 Å². The van der Waals surface area contributed by atoms with E-state index < -0.39 is 10.0 Å². The number of fused-ring (bicyclic) bond motifs is 1. The number of carbonyl (C=O) groups excluding carboxylic acids is 1. The van der Waals surface area contributed by atoms with Crippen molar-refractivity contribution in [2.45, 2.75) is 30.7 Å².